The molecule has 0 heterocycles. The molecule has 4 rings (SSSR count). The lowest BCUT2D eigenvalue weighted by Gasteiger charge is -2.55. The van der Waals surface area contributed by atoms with Gasteiger partial charge in [0.05, 0.1) is 0 Å². The van der Waals surface area contributed by atoms with Gasteiger partial charge >= 0.3 is 5.97 Å². The minimum Gasteiger partial charge on any atom is -0.483 e. The van der Waals surface area contributed by atoms with E-state index < -0.39 is 0 Å². The van der Waals surface area contributed by atoms with E-state index >= 15 is 0 Å². The number of esters is 1. The van der Waals surface area contributed by atoms with E-state index in [2.05, 4.69) is 13.2 Å². The third-order valence-electron chi connectivity index (χ3n) is 4.89. The standard InChI is InChI=1S/C16H22O3/c1-3-4-18-11(2)15(17)19-16-8-12-5-13(9-16)7-14(6-12)10-16/h3,12-14H,1-2,4-10H2. The van der Waals surface area contributed by atoms with Crippen molar-refractivity contribution in [3.63, 3.8) is 0 Å². The van der Waals surface area contributed by atoms with Crippen LogP contribution in [0.5, 0.6) is 0 Å². The monoisotopic (exact) mass is 262 g/mol. The van der Waals surface area contributed by atoms with Gasteiger partial charge in [0, 0.05) is 0 Å². The first-order valence-electron chi connectivity index (χ1n) is 7.26. The molecule has 19 heavy (non-hydrogen) atoms. The molecule has 0 aromatic carbocycles. The molecule has 3 heteroatoms. The van der Waals surface area contributed by atoms with Gasteiger partial charge in [0.25, 0.3) is 0 Å². The SMILES string of the molecule is C=CCOC(=C)C(=O)OC12CC3CC(CC(C3)C1)C2. The molecule has 0 radical (unpaired) electrons. The molecule has 0 saturated heterocycles. The van der Waals surface area contributed by atoms with Crippen LogP contribution in [0.3, 0.4) is 0 Å². The Bertz CT molecular complexity index is 375. The number of carbonyl (C=O) groups excluding carboxylic acids is 1. The van der Waals surface area contributed by atoms with Crippen LogP contribution in [0.15, 0.2) is 25.0 Å². The maximum absolute atomic E-state index is 12.1. The fraction of sp³-hybridized carbons (Fsp3) is 0.688. The molecule has 4 fully saturated rings. The molecular weight excluding hydrogens is 240 g/mol. The zero-order chi connectivity index (χ0) is 13.5. The van der Waals surface area contributed by atoms with Crippen LogP contribution < -0.4 is 0 Å². The van der Waals surface area contributed by atoms with Crippen LogP contribution in [-0.4, -0.2) is 18.2 Å². The van der Waals surface area contributed by atoms with E-state index in [0.29, 0.717) is 6.61 Å². The molecule has 0 N–H and O–H groups in total. The summed E-state index contributed by atoms with van der Waals surface area (Å²) in [6.07, 6.45) is 8.74. The van der Waals surface area contributed by atoms with Gasteiger partial charge in [0.15, 0.2) is 5.76 Å². The van der Waals surface area contributed by atoms with Crippen molar-refractivity contribution in [2.24, 2.45) is 17.8 Å². The van der Waals surface area contributed by atoms with E-state index in [9.17, 15) is 4.79 Å². The average Bonchev–Trinajstić information content (AvgIpc) is 2.33. The number of hydrogen-bond acceptors (Lipinski definition) is 3. The zero-order valence-corrected chi connectivity index (χ0v) is 11.4. The molecule has 0 atom stereocenters. The summed E-state index contributed by atoms with van der Waals surface area (Å²) in [5.74, 6) is 2.02. The third kappa shape index (κ3) is 2.43. The number of ether oxygens (including phenoxy) is 2. The zero-order valence-electron chi connectivity index (χ0n) is 11.4. The maximum atomic E-state index is 12.1. The van der Waals surface area contributed by atoms with Crippen molar-refractivity contribution in [3.8, 4) is 0 Å². The fourth-order valence-electron chi connectivity index (χ4n) is 4.63. The molecule has 0 aliphatic heterocycles. The predicted molar refractivity (Wildman–Crippen MR) is 72.3 cm³/mol. The number of rotatable bonds is 5. The molecule has 104 valence electrons. The minimum atomic E-state index is -0.385. The highest BCUT2D eigenvalue weighted by Crippen LogP contribution is 2.57. The van der Waals surface area contributed by atoms with Crippen molar-refractivity contribution in [1.82, 2.24) is 0 Å². The Hall–Kier alpha value is -1.25. The first kappa shape index (κ1) is 12.8. The topological polar surface area (TPSA) is 35.5 Å². The normalized spacial score (nSPS) is 38.8. The molecule has 4 bridgehead atoms. The van der Waals surface area contributed by atoms with Gasteiger partial charge < -0.3 is 9.47 Å². The molecule has 4 saturated carbocycles. The third-order valence-corrected chi connectivity index (χ3v) is 4.89. The van der Waals surface area contributed by atoms with Crippen molar-refractivity contribution in [1.29, 1.82) is 0 Å². The Labute approximate surface area is 114 Å². The van der Waals surface area contributed by atoms with Crippen molar-refractivity contribution < 1.29 is 14.3 Å². The van der Waals surface area contributed by atoms with Crippen LogP contribution in [0.2, 0.25) is 0 Å². The molecule has 4 aliphatic rings. The minimum absolute atomic E-state index is 0.107. The highest BCUT2D eigenvalue weighted by atomic mass is 16.6. The maximum Gasteiger partial charge on any atom is 0.373 e. The second-order valence-corrected chi connectivity index (χ2v) is 6.51. The van der Waals surface area contributed by atoms with Gasteiger partial charge in [0.1, 0.15) is 12.2 Å². The summed E-state index contributed by atoms with van der Waals surface area (Å²) in [5.41, 5.74) is -0.216. The summed E-state index contributed by atoms with van der Waals surface area (Å²) >= 11 is 0. The molecule has 0 amide bonds. The Balaban J connectivity index is 1.64. The predicted octanol–water partition coefficient (Wildman–Crippen LogP) is 3.21. The van der Waals surface area contributed by atoms with E-state index in [1.807, 2.05) is 0 Å². The van der Waals surface area contributed by atoms with Crippen LogP contribution in [0.1, 0.15) is 38.5 Å². The lowest BCUT2D eigenvalue weighted by molar-refractivity contribution is -0.185. The lowest BCUT2D eigenvalue weighted by Crippen LogP contribution is -2.52. The highest BCUT2D eigenvalue weighted by molar-refractivity contribution is 5.85. The van der Waals surface area contributed by atoms with Crippen LogP contribution in [0.4, 0.5) is 0 Å². The van der Waals surface area contributed by atoms with Gasteiger partial charge in [-0.1, -0.05) is 12.7 Å². The van der Waals surface area contributed by atoms with Crippen LogP contribution in [0.25, 0.3) is 0 Å². The summed E-state index contributed by atoms with van der Waals surface area (Å²) in [7, 11) is 0. The summed E-state index contributed by atoms with van der Waals surface area (Å²) < 4.78 is 11.0. The molecule has 0 aromatic rings. The molecule has 4 aliphatic carbocycles. The molecular formula is C16H22O3. The first-order chi connectivity index (χ1) is 9.10. The van der Waals surface area contributed by atoms with Gasteiger partial charge in [0.2, 0.25) is 0 Å². The molecule has 0 aromatic heterocycles. The average molecular weight is 262 g/mol. The van der Waals surface area contributed by atoms with E-state index in [-0.39, 0.29) is 17.3 Å². The highest BCUT2D eigenvalue weighted by Gasteiger charge is 2.53. The van der Waals surface area contributed by atoms with E-state index in [0.717, 1.165) is 37.0 Å². The van der Waals surface area contributed by atoms with Gasteiger partial charge in [-0.25, -0.2) is 4.79 Å². The summed E-state index contributed by atoms with van der Waals surface area (Å²) in [4.78, 5) is 12.1. The Kier molecular flexibility index (Phi) is 3.15. The largest absolute Gasteiger partial charge is 0.483 e. The van der Waals surface area contributed by atoms with E-state index in [1.54, 1.807) is 6.08 Å². The second kappa shape index (κ2) is 4.69. The van der Waals surface area contributed by atoms with Gasteiger partial charge in [-0.3, -0.25) is 0 Å². The molecule has 0 spiro atoms. The van der Waals surface area contributed by atoms with Crippen LogP contribution in [0, 0.1) is 17.8 Å². The van der Waals surface area contributed by atoms with Crippen molar-refractivity contribution in [2.75, 3.05) is 6.61 Å². The summed E-state index contributed by atoms with van der Waals surface area (Å²) in [5, 5.41) is 0. The first-order valence-corrected chi connectivity index (χ1v) is 7.26. The van der Waals surface area contributed by atoms with Crippen molar-refractivity contribution in [2.45, 2.75) is 44.1 Å². The van der Waals surface area contributed by atoms with E-state index in [1.165, 1.54) is 19.3 Å². The fourth-order valence-corrected chi connectivity index (χ4v) is 4.63. The summed E-state index contributed by atoms with van der Waals surface area (Å²) in [6.45, 7) is 7.50. The summed E-state index contributed by atoms with van der Waals surface area (Å²) in [6, 6.07) is 0. The Morgan fingerprint density at radius 3 is 2.16 bits per heavy atom. The van der Waals surface area contributed by atoms with Gasteiger partial charge in [-0.15, -0.1) is 0 Å². The molecule has 3 nitrogen and oxygen atoms in total. The van der Waals surface area contributed by atoms with Crippen molar-refractivity contribution >= 4 is 5.97 Å². The number of hydrogen-bond donors (Lipinski definition) is 0. The second-order valence-electron chi connectivity index (χ2n) is 6.51. The number of carbonyl (C=O) groups is 1. The van der Waals surface area contributed by atoms with Crippen LogP contribution >= 0.6 is 0 Å². The quantitative estimate of drug-likeness (QED) is 0.330. The smallest absolute Gasteiger partial charge is 0.373 e. The van der Waals surface area contributed by atoms with E-state index in [4.69, 9.17) is 9.47 Å². The van der Waals surface area contributed by atoms with Gasteiger partial charge in [-0.2, -0.15) is 0 Å². The van der Waals surface area contributed by atoms with Crippen LogP contribution in [-0.2, 0) is 14.3 Å². The van der Waals surface area contributed by atoms with Gasteiger partial charge in [-0.05, 0) is 62.9 Å². The van der Waals surface area contributed by atoms with Crippen molar-refractivity contribution in [3.05, 3.63) is 25.0 Å². The molecule has 0 unspecified atom stereocenters. The lowest BCUT2D eigenvalue weighted by atomic mass is 9.54. The Morgan fingerprint density at radius 2 is 1.68 bits per heavy atom. The Morgan fingerprint density at radius 1 is 1.16 bits per heavy atom.